The van der Waals surface area contributed by atoms with E-state index in [4.69, 9.17) is 0 Å². The first-order chi connectivity index (χ1) is 12.0. The molecular formula is C18H23FN4O2. The van der Waals surface area contributed by atoms with Crippen LogP contribution in [0, 0.1) is 5.82 Å². The summed E-state index contributed by atoms with van der Waals surface area (Å²) < 4.78 is 16.4. The Balaban J connectivity index is 2.07. The zero-order valence-electron chi connectivity index (χ0n) is 14.8. The van der Waals surface area contributed by atoms with E-state index in [-0.39, 0.29) is 24.1 Å². The van der Waals surface area contributed by atoms with E-state index in [0.29, 0.717) is 29.7 Å². The van der Waals surface area contributed by atoms with Crippen LogP contribution in [0.5, 0.6) is 0 Å². The van der Waals surface area contributed by atoms with E-state index in [1.54, 1.807) is 17.8 Å². The number of hydrogen-bond donors (Lipinski definition) is 1. The Morgan fingerprint density at radius 1 is 1.36 bits per heavy atom. The highest BCUT2D eigenvalue weighted by Crippen LogP contribution is 2.33. The number of halogens is 1. The largest absolute Gasteiger partial charge is 0.369 e. The average molecular weight is 346 g/mol. The third-order valence-corrected chi connectivity index (χ3v) is 4.73. The fraction of sp³-hybridized carbons (Fsp3) is 0.500. The third-order valence-electron chi connectivity index (χ3n) is 4.73. The fourth-order valence-corrected chi connectivity index (χ4v) is 3.47. The molecule has 0 bridgehead atoms. The lowest BCUT2D eigenvalue weighted by Crippen LogP contribution is -2.39. The standard InChI is InChI=1S/C18H23FN4O2/c1-4-8-23(5-2)15-10-14-12(9-13(15)19)17(21-22(14)3)11-6-7-16(24)20-18(11)25/h9-11H,4-8H2,1-3H3,(H,20,24,25). The first-order valence-electron chi connectivity index (χ1n) is 8.71. The van der Waals surface area contributed by atoms with Crippen molar-refractivity contribution in [3.8, 4) is 0 Å². The van der Waals surface area contributed by atoms with Gasteiger partial charge in [-0.2, -0.15) is 5.10 Å². The van der Waals surface area contributed by atoms with Crippen LogP contribution >= 0.6 is 0 Å². The Morgan fingerprint density at radius 3 is 2.76 bits per heavy atom. The molecule has 1 aromatic heterocycles. The van der Waals surface area contributed by atoms with Crippen LogP contribution in [-0.2, 0) is 16.6 Å². The molecule has 0 saturated carbocycles. The van der Waals surface area contributed by atoms with Crippen LogP contribution < -0.4 is 10.2 Å². The number of anilines is 1. The van der Waals surface area contributed by atoms with E-state index < -0.39 is 5.92 Å². The zero-order valence-corrected chi connectivity index (χ0v) is 14.8. The highest BCUT2D eigenvalue weighted by Gasteiger charge is 2.32. The van der Waals surface area contributed by atoms with E-state index >= 15 is 0 Å². The zero-order chi connectivity index (χ0) is 18.1. The number of amides is 2. The van der Waals surface area contributed by atoms with Crippen molar-refractivity contribution in [3.63, 3.8) is 0 Å². The van der Waals surface area contributed by atoms with Gasteiger partial charge in [-0.1, -0.05) is 6.92 Å². The Bertz CT molecular complexity index is 830. The molecule has 7 heteroatoms. The van der Waals surface area contributed by atoms with Crippen molar-refractivity contribution in [3.05, 3.63) is 23.6 Å². The first kappa shape index (κ1) is 17.4. The molecule has 1 aliphatic heterocycles. The molecule has 0 spiro atoms. The van der Waals surface area contributed by atoms with Crippen molar-refractivity contribution in [2.45, 2.75) is 39.0 Å². The summed E-state index contributed by atoms with van der Waals surface area (Å²) in [6.45, 7) is 5.55. The lowest BCUT2D eigenvalue weighted by atomic mass is 9.92. The number of fused-ring (bicyclic) bond motifs is 1. The quantitative estimate of drug-likeness (QED) is 0.845. The maximum atomic E-state index is 14.8. The number of carbonyl (C=O) groups is 2. The number of nitrogens with zero attached hydrogens (tertiary/aromatic N) is 3. The predicted octanol–water partition coefficient (Wildman–Crippen LogP) is 2.47. The van der Waals surface area contributed by atoms with Gasteiger partial charge in [0.05, 0.1) is 22.8 Å². The van der Waals surface area contributed by atoms with Crippen molar-refractivity contribution in [1.82, 2.24) is 15.1 Å². The molecule has 2 amide bonds. The summed E-state index contributed by atoms with van der Waals surface area (Å²) in [5.74, 6) is -1.47. The van der Waals surface area contributed by atoms with Gasteiger partial charge in [-0.25, -0.2) is 4.39 Å². The summed E-state index contributed by atoms with van der Waals surface area (Å²) in [6, 6.07) is 3.27. The first-order valence-corrected chi connectivity index (χ1v) is 8.71. The lowest BCUT2D eigenvalue weighted by molar-refractivity contribution is -0.134. The summed E-state index contributed by atoms with van der Waals surface area (Å²) in [7, 11) is 1.79. The number of carbonyl (C=O) groups excluding carboxylic acids is 2. The highest BCUT2D eigenvalue weighted by atomic mass is 19.1. The summed E-state index contributed by atoms with van der Waals surface area (Å²) in [5, 5.41) is 7.43. The van der Waals surface area contributed by atoms with E-state index in [2.05, 4.69) is 17.3 Å². The molecule has 2 heterocycles. The molecule has 0 aliphatic carbocycles. The normalized spacial score (nSPS) is 17.8. The van der Waals surface area contributed by atoms with Crippen molar-refractivity contribution in [2.75, 3.05) is 18.0 Å². The minimum atomic E-state index is -0.524. The lowest BCUT2D eigenvalue weighted by Gasteiger charge is -2.23. The Kier molecular flexibility index (Phi) is 4.74. The van der Waals surface area contributed by atoms with E-state index in [0.717, 1.165) is 18.5 Å². The number of aromatic nitrogens is 2. The van der Waals surface area contributed by atoms with Crippen LogP contribution in [0.15, 0.2) is 12.1 Å². The van der Waals surface area contributed by atoms with Gasteiger partial charge in [0.25, 0.3) is 0 Å². The summed E-state index contributed by atoms with van der Waals surface area (Å²) >= 11 is 0. The summed E-state index contributed by atoms with van der Waals surface area (Å²) in [5.41, 5.74) is 1.87. The summed E-state index contributed by atoms with van der Waals surface area (Å²) in [4.78, 5) is 25.5. The molecule has 1 aliphatic rings. The number of aryl methyl sites for hydroxylation is 1. The van der Waals surface area contributed by atoms with Gasteiger partial charge in [0, 0.05) is 31.9 Å². The van der Waals surface area contributed by atoms with Gasteiger partial charge in [-0.3, -0.25) is 19.6 Å². The molecule has 1 atom stereocenters. The minimum Gasteiger partial charge on any atom is -0.369 e. The number of piperidine rings is 1. The molecule has 3 rings (SSSR count). The Hall–Kier alpha value is -2.44. The Morgan fingerprint density at radius 2 is 2.12 bits per heavy atom. The molecule has 1 fully saturated rings. The van der Waals surface area contributed by atoms with Crippen molar-refractivity contribution in [1.29, 1.82) is 0 Å². The van der Waals surface area contributed by atoms with Gasteiger partial charge in [-0.15, -0.1) is 0 Å². The van der Waals surface area contributed by atoms with Gasteiger partial charge >= 0.3 is 0 Å². The van der Waals surface area contributed by atoms with Crippen LogP contribution in [0.3, 0.4) is 0 Å². The van der Waals surface area contributed by atoms with Gasteiger partial charge in [-0.05, 0) is 31.9 Å². The van der Waals surface area contributed by atoms with Gasteiger partial charge in [0.2, 0.25) is 11.8 Å². The maximum Gasteiger partial charge on any atom is 0.235 e. The number of benzene rings is 1. The molecule has 2 aromatic rings. The molecule has 1 unspecified atom stereocenters. The van der Waals surface area contributed by atoms with Crippen LogP contribution in [-0.4, -0.2) is 34.7 Å². The third kappa shape index (κ3) is 3.10. The molecule has 1 aromatic carbocycles. The van der Waals surface area contributed by atoms with Crippen molar-refractivity contribution < 1.29 is 14.0 Å². The minimum absolute atomic E-state index is 0.270. The van der Waals surface area contributed by atoms with Gasteiger partial charge < -0.3 is 4.90 Å². The van der Waals surface area contributed by atoms with E-state index in [1.807, 2.05) is 11.8 Å². The molecule has 0 radical (unpaired) electrons. The van der Waals surface area contributed by atoms with Gasteiger partial charge in [0.15, 0.2) is 0 Å². The smallest absolute Gasteiger partial charge is 0.235 e. The molecule has 1 saturated heterocycles. The van der Waals surface area contributed by atoms with Crippen LogP contribution in [0.1, 0.15) is 44.7 Å². The second kappa shape index (κ2) is 6.82. The predicted molar refractivity (Wildman–Crippen MR) is 94.0 cm³/mol. The van der Waals surface area contributed by atoms with Crippen LogP contribution in [0.25, 0.3) is 10.9 Å². The maximum absolute atomic E-state index is 14.8. The van der Waals surface area contributed by atoms with Crippen molar-refractivity contribution in [2.24, 2.45) is 7.05 Å². The highest BCUT2D eigenvalue weighted by molar-refractivity contribution is 6.02. The second-order valence-corrected chi connectivity index (χ2v) is 6.41. The molecule has 134 valence electrons. The molecule has 6 nitrogen and oxygen atoms in total. The van der Waals surface area contributed by atoms with Crippen LogP contribution in [0.4, 0.5) is 10.1 Å². The summed E-state index contributed by atoms with van der Waals surface area (Å²) in [6.07, 6.45) is 1.60. The second-order valence-electron chi connectivity index (χ2n) is 6.41. The number of hydrogen-bond acceptors (Lipinski definition) is 4. The number of nitrogens with one attached hydrogen (secondary N) is 1. The molecular weight excluding hydrogens is 323 g/mol. The van der Waals surface area contributed by atoms with Crippen LogP contribution in [0.2, 0.25) is 0 Å². The monoisotopic (exact) mass is 346 g/mol. The number of imide groups is 1. The molecule has 1 N–H and O–H groups in total. The van der Waals surface area contributed by atoms with Crippen molar-refractivity contribution >= 4 is 28.4 Å². The average Bonchev–Trinajstić information content (AvgIpc) is 2.88. The molecule has 25 heavy (non-hydrogen) atoms. The van der Waals surface area contributed by atoms with E-state index in [9.17, 15) is 14.0 Å². The fourth-order valence-electron chi connectivity index (χ4n) is 3.47. The van der Waals surface area contributed by atoms with E-state index in [1.165, 1.54) is 6.07 Å². The SMILES string of the molecule is CCCN(CC)c1cc2c(cc1F)c(C1CCC(=O)NC1=O)nn2C. The van der Waals surface area contributed by atoms with Gasteiger partial charge in [0.1, 0.15) is 5.82 Å². The topological polar surface area (TPSA) is 67.2 Å². The number of rotatable bonds is 5. The Labute approximate surface area is 146 Å².